The van der Waals surface area contributed by atoms with Crippen LogP contribution >= 0.6 is 21.6 Å². The Morgan fingerprint density at radius 2 is 1.88 bits per heavy atom. The molecule has 7 heteroatoms. The van der Waals surface area contributed by atoms with Gasteiger partial charge in [-0.3, -0.25) is 0 Å². The van der Waals surface area contributed by atoms with E-state index in [-0.39, 0.29) is 6.03 Å². The molecular formula is C17H33N3O2S2. The van der Waals surface area contributed by atoms with Crippen LogP contribution < -0.4 is 16.0 Å². The average Bonchev–Trinajstić information content (AvgIpc) is 2.52. The summed E-state index contributed by atoms with van der Waals surface area (Å²) in [6.45, 7) is 11.2. The summed E-state index contributed by atoms with van der Waals surface area (Å²) in [6, 6.07) is 0.395. The summed E-state index contributed by atoms with van der Waals surface area (Å²) in [5.41, 5.74) is 0. The number of nitrogens with one attached hydrogen (secondary N) is 3. The lowest BCUT2D eigenvalue weighted by molar-refractivity contribution is 0.178. The van der Waals surface area contributed by atoms with Crippen molar-refractivity contribution in [3.8, 4) is 11.8 Å². The topological polar surface area (TPSA) is 62.4 Å². The lowest BCUT2D eigenvalue weighted by Crippen LogP contribution is -2.36. The maximum atomic E-state index is 11.5. The maximum absolute atomic E-state index is 11.5. The number of hydrogen-bond donors (Lipinski definition) is 3. The summed E-state index contributed by atoms with van der Waals surface area (Å²) < 4.78 is 5.55. The molecule has 0 bridgehead atoms. The largest absolute Gasteiger partial charge is 0.370 e. The van der Waals surface area contributed by atoms with Gasteiger partial charge in [0.05, 0.1) is 6.54 Å². The predicted molar refractivity (Wildman–Crippen MR) is 107 cm³/mol. The first-order valence-corrected chi connectivity index (χ1v) is 11.1. The van der Waals surface area contributed by atoms with Crippen molar-refractivity contribution in [2.24, 2.45) is 5.92 Å². The van der Waals surface area contributed by atoms with Crippen LogP contribution in [-0.2, 0) is 4.74 Å². The van der Waals surface area contributed by atoms with E-state index in [1.165, 1.54) is 0 Å². The van der Waals surface area contributed by atoms with E-state index < -0.39 is 0 Å². The molecule has 0 aliphatic rings. The summed E-state index contributed by atoms with van der Waals surface area (Å²) in [7, 11) is 3.58. The molecule has 0 fully saturated rings. The van der Waals surface area contributed by atoms with E-state index in [4.69, 9.17) is 4.74 Å². The average molecular weight is 376 g/mol. The fraction of sp³-hybridized carbons (Fsp3) is 0.824. The van der Waals surface area contributed by atoms with Crippen LogP contribution in [0.2, 0.25) is 0 Å². The molecule has 0 unspecified atom stereocenters. The predicted octanol–water partition coefficient (Wildman–Crippen LogP) is 3.08. The zero-order valence-corrected chi connectivity index (χ0v) is 17.1. The highest BCUT2D eigenvalue weighted by Crippen LogP contribution is 2.20. The first-order chi connectivity index (χ1) is 11.5. The molecule has 2 amide bonds. The summed E-state index contributed by atoms with van der Waals surface area (Å²) in [6.07, 6.45) is 1.87. The van der Waals surface area contributed by atoms with Crippen molar-refractivity contribution < 1.29 is 9.53 Å². The monoisotopic (exact) mass is 375 g/mol. The van der Waals surface area contributed by atoms with Crippen LogP contribution in [0.4, 0.5) is 4.79 Å². The second-order valence-electron chi connectivity index (χ2n) is 5.87. The molecule has 0 aromatic rings. The van der Waals surface area contributed by atoms with Gasteiger partial charge in [0.1, 0.15) is 5.94 Å². The Balaban J connectivity index is 3.22. The van der Waals surface area contributed by atoms with E-state index in [2.05, 4.69) is 41.6 Å². The number of carbonyl (C=O) groups is 1. The summed E-state index contributed by atoms with van der Waals surface area (Å²) >= 11 is 0. The van der Waals surface area contributed by atoms with Gasteiger partial charge in [-0.2, -0.15) is 0 Å². The minimum atomic E-state index is -0.157. The van der Waals surface area contributed by atoms with Gasteiger partial charge in [0, 0.05) is 37.4 Å². The first-order valence-electron chi connectivity index (χ1n) is 8.58. The molecule has 0 rings (SSSR count). The summed E-state index contributed by atoms with van der Waals surface area (Å²) in [5, 5.41) is 8.91. The highest BCUT2D eigenvalue weighted by molar-refractivity contribution is 8.76. The number of rotatable bonds is 13. The third-order valence-corrected chi connectivity index (χ3v) is 4.77. The van der Waals surface area contributed by atoms with Crippen molar-refractivity contribution in [3.05, 3.63) is 0 Å². The Hall–Kier alpha value is -0.550. The summed E-state index contributed by atoms with van der Waals surface area (Å²) in [5.74, 6) is 8.06. The minimum absolute atomic E-state index is 0.157. The van der Waals surface area contributed by atoms with Gasteiger partial charge in [-0.1, -0.05) is 61.1 Å². The van der Waals surface area contributed by atoms with E-state index in [9.17, 15) is 4.79 Å². The van der Waals surface area contributed by atoms with Crippen LogP contribution in [0.1, 0.15) is 40.5 Å². The molecule has 5 nitrogen and oxygen atoms in total. The van der Waals surface area contributed by atoms with Crippen LogP contribution in [0.5, 0.6) is 0 Å². The van der Waals surface area contributed by atoms with Crippen molar-refractivity contribution in [2.45, 2.75) is 46.6 Å². The normalized spacial score (nSPS) is 10.6. The number of urea groups is 1. The van der Waals surface area contributed by atoms with Crippen molar-refractivity contribution in [3.63, 3.8) is 0 Å². The van der Waals surface area contributed by atoms with Crippen LogP contribution in [0.3, 0.4) is 0 Å². The molecular weight excluding hydrogens is 342 g/mol. The van der Waals surface area contributed by atoms with Gasteiger partial charge in [0.25, 0.3) is 0 Å². The van der Waals surface area contributed by atoms with E-state index >= 15 is 0 Å². The van der Waals surface area contributed by atoms with Gasteiger partial charge < -0.3 is 20.7 Å². The Labute approximate surface area is 155 Å². The van der Waals surface area contributed by atoms with Gasteiger partial charge >= 0.3 is 6.03 Å². The second-order valence-corrected chi connectivity index (χ2v) is 8.40. The molecule has 0 aliphatic heterocycles. The maximum Gasteiger partial charge on any atom is 0.315 e. The smallest absolute Gasteiger partial charge is 0.315 e. The van der Waals surface area contributed by atoms with E-state index in [0.717, 1.165) is 37.7 Å². The van der Waals surface area contributed by atoms with Gasteiger partial charge in [-0.25, -0.2) is 4.79 Å². The highest BCUT2D eigenvalue weighted by atomic mass is 33.1. The molecule has 0 saturated heterocycles. The second kappa shape index (κ2) is 17.3. The zero-order valence-electron chi connectivity index (χ0n) is 15.4. The Morgan fingerprint density at radius 1 is 1.08 bits per heavy atom. The van der Waals surface area contributed by atoms with Crippen LogP contribution in [-0.4, -0.2) is 50.0 Å². The molecule has 3 N–H and O–H groups in total. The number of amides is 2. The number of unbranched alkanes of at least 4 members (excludes halogenated alkanes) is 1. The third kappa shape index (κ3) is 19.5. The standard InChI is InChI=1S/C17H33N3O2S2/c1-15(2)8-7-10-20-17(21)19-9-5-6-12-22-14-24-23-13-11-18-16(3)4/h15-16,18H,5-6,9-14H2,1-4H3,(H2,19,20,21). The van der Waals surface area contributed by atoms with Gasteiger partial charge in [-0.05, 0) is 12.8 Å². The fourth-order valence-corrected chi connectivity index (χ4v) is 3.13. The quantitative estimate of drug-likeness (QED) is 0.200. The lowest BCUT2D eigenvalue weighted by atomic mass is 10.2. The Kier molecular flexibility index (Phi) is 16.9. The molecule has 0 aromatic carbocycles. The molecule has 0 saturated carbocycles. The third-order valence-electron chi connectivity index (χ3n) is 2.68. The van der Waals surface area contributed by atoms with E-state index in [1.807, 2.05) is 24.6 Å². The van der Waals surface area contributed by atoms with Crippen molar-refractivity contribution >= 4 is 27.6 Å². The number of carbonyl (C=O) groups excluding carboxylic acids is 1. The van der Waals surface area contributed by atoms with Crippen molar-refractivity contribution in [1.82, 2.24) is 16.0 Å². The molecule has 0 spiro atoms. The van der Waals surface area contributed by atoms with E-state index in [1.54, 1.807) is 10.8 Å². The first kappa shape index (κ1) is 23.4. The molecule has 0 radical (unpaired) electrons. The molecule has 24 heavy (non-hydrogen) atoms. The highest BCUT2D eigenvalue weighted by Gasteiger charge is 1.97. The number of hydrogen-bond acceptors (Lipinski definition) is 5. The number of ether oxygens (including phenoxy) is 1. The van der Waals surface area contributed by atoms with Crippen LogP contribution in [0.25, 0.3) is 0 Å². The molecule has 0 heterocycles. The van der Waals surface area contributed by atoms with Crippen molar-refractivity contribution in [1.29, 1.82) is 0 Å². The van der Waals surface area contributed by atoms with Crippen molar-refractivity contribution in [2.75, 3.05) is 37.9 Å². The van der Waals surface area contributed by atoms with Gasteiger partial charge in [0.15, 0.2) is 0 Å². The van der Waals surface area contributed by atoms with Crippen LogP contribution in [0.15, 0.2) is 0 Å². The van der Waals surface area contributed by atoms with Crippen LogP contribution in [0, 0.1) is 17.8 Å². The molecule has 0 aromatic heterocycles. The molecule has 140 valence electrons. The zero-order chi connectivity index (χ0) is 18.0. The molecule has 0 atom stereocenters. The minimum Gasteiger partial charge on any atom is -0.370 e. The Morgan fingerprint density at radius 3 is 2.58 bits per heavy atom. The van der Waals surface area contributed by atoms with Gasteiger partial charge in [0.2, 0.25) is 0 Å². The Bertz CT molecular complexity index is 369. The summed E-state index contributed by atoms with van der Waals surface area (Å²) in [4.78, 5) is 11.5. The fourth-order valence-electron chi connectivity index (χ4n) is 1.55. The lowest BCUT2D eigenvalue weighted by Gasteiger charge is -2.07. The SMILES string of the molecule is CC(C)C#CCNC(=O)NCCCCOCSSCCNC(C)C. The van der Waals surface area contributed by atoms with Gasteiger partial charge in [-0.15, -0.1) is 0 Å². The molecule has 0 aliphatic carbocycles. The van der Waals surface area contributed by atoms with E-state index in [0.29, 0.717) is 25.0 Å².